The molecule has 2 N–H and O–H groups in total. The maximum absolute atomic E-state index is 11.8. The van der Waals surface area contributed by atoms with E-state index in [1.165, 1.54) is 6.21 Å². The van der Waals surface area contributed by atoms with Gasteiger partial charge >= 0.3 is 0 Å². The lowest BCUT2D eigenvalue weighted by atomic mass is 10.2. The summed E-state index contributed by atoms with van der Waals surface area (Å²) in [5, 5.41) is 5.00. The summed E-state index contributed by atoms with van der Waals surface area (Å²) in [7, 11) is 0. The van der Waals surface area contributed by atoms with E-state index in [4.69, 9.17) is 0 Å². The van der Waals surface area contributed by atoms with Crippen LogP contribution in [0.5, 0.6) is 0 Å². The molecule has 0 rings (SSSR count). The van der Waals surface area contributed by atoms with Crippen LogP contribution >= 0.6 is 0 Å². The lowest BCUT2D eigenvalue weighted by molar-refractivity contribution is -0.123. The Hall–Kier alpha value is -1.91. The maximum atomic E-state index is 11.8. The molecule has 2 amide bonds. The van der Waals surface area contributed by atoms with Crippen molar-refractivity contribution in [2.45, 2.75) is 34.6 Å². The standard InChI is InChI=1S/C13H21N3O2/c1-7-14-11(8(2)3)13(18)16-10(6)15-12(17)9(4)5/h7,9H,6H2,1-5H3,(H,15,17)(H,16,18). The maximum Gasteiger partial charge on any atom is 0.275 e. The number of nitrogens with zero attached hydrogens (tertiary/aromatic N) is 1. The van der Waals surface area contributed by atoms with Crippen LogP contribution < -0.4 is 10.6 Å². The molecule has 100 valence electrons. The van der Waals surface area contributed by atoms with Crippen LogP contribution in [0.2, 0.25) is 0 Å². The van der Waals surface area contributed by atoms with Crippen LogP contribution in [0, 0.1) is 5.92 Å². The van der Waals surface area contributed by atoms with Gasteiger partial charge in [0, 0.05) is 12.1 Å². The molecule has 0 saturated heterocycles. The fraction of sp³-hybridized carbons (Fsp3) is 0.462. The van der Waals surface area contributed by atoms with E-state index in [9.17, 15) is 9.59 Å². The zero-order chi connectivity index (χ0) is 14.3. The van der Waals surface area contributed by atoms with E-state index in [-0.39, 0.29) is 23.6 Å². The van der Waals surface area contributed by atoms with Gasteiger partial charge in [-0.05, 0) is 26.3 Å². The van der Waals surface area contributed by atoms with E-state index in [2.05, 4.69) is 22.2 Å². The number of aliphatic imine (C=N–C) groups is 1. The predicted octanol–water partition coefficient (Wildman–Crippen LogP) is 1.73. The average Bonchev–Trinajstić information content (AvgIpc) is 2.24. The Bertz CT molecular complexity index is 402. The first-order chi connectivity index (χ1) is 8.29. The molecule has 0 atom stereocenters. The molecular weight excluding hydrogens is 230 g/mol. The van der Waals surface area contributed by atoms with Gasteiger partial charge in [-0.2, -0.15) is 0 Å². The minimum absolute atomic E-state index is 0.156. The molecule has 0 aliphatic rings. The van der Waals surface area contributed by atoms with Crippen molar-refractivity contribution in [3.05, 3.63) is 23.7 Å². The Labute approximate surface area is 108 Å². The van der Waals surface area contributed by atoms with Crippen LogP contribution in [0.25, 0.3) is 0 Å². The monoisotopic (exact) mass is 251 g/mol. The van der Waals surface area contributed by atoms with Gasteiger partial charge in [-0.25, -0.2) is 0 Å². The van der Waals surface area contributed by atoms with Crippen molar-refractivity contribution in [1.29, 1.82) is 0 Å². The molecule has 0 heterocycles. The van der Waals surface area contributed by atoms with Gasteiger partial charge in [-0.3, -0.25) is 14.6 Å². The van der Waals surface area contributed by atoms with Crippen LogP contribution in [0.4, 0.5) is 0 Å². The van der Waals surface area contributed by atoms with E-state index in [1.54, 1.807) is 34.6 Å². The molecule has 0 radical (unpaired) electrons. The summed E-state index contributed by atoms with van der Waals surface area (Å²) in [6.45, 7) is 12.4. The molecule has 0 aliphatic carbocycles. The fourth-order valence-corrected chi connectivity index (χ4v) is 1.06. The lowest BCUT2D eigenvalue weighted by Gasteiger charge is -2.12. The molecule has 0 aromatic heterocycles. The quantitative estimate of drug-likeness (QED) is 0.577. The van der Waals surface area contributed by atoms with Gasteiger partial charge in [0.1, 0.15) is 11.5 Å². The van der Waals surface area contributed by atoms with Crippen molar-refractivity contribution in [3.8, 4) is 0 Å². The number of nitrogens with one attached hydrogen (secondary N) is 2. The van der Waals surface area contributed by atoms with Gasteiger partial charge in [-0.15, -0.1) is 0 Å². The molecule has 0 aromatic rings. The minimum Gasteiger partial charge on any atom is -0.312 e. The molecule has 0 spiro atoms. The second kappa shape index (κ2) is 7.42. The van der Waals surface area contributed by atoms with E-state index in [0.717, 1.165) is 5.57 Å². The first-order valence-corrected chi connectivity index (χ1v) is 5.76. The highest BCUT2D eigenvalue weighted by atomic mass is 16.2. The van der Waals surface area contributed by atoms with Crippen LogP contribution in [-0.2, 0) is 9.59 Å². The summed E-state index contributed by atoms with van der Waals surface area (Å²) in [6.07, 6.45) is 1.54. The SMILES string of the molecule is C=C(NC(=O)C(N=CC)=C(C)C)NC(=O)C(C)C. The minimum atomic E-state index is -0.387. The van der Waals surface area contributed by atoms with Gasteiger partial charge in [0.2, 0.25) is 5.91 Å². The van der Waals surface area contributed by atoms with E-state index < -0.39 is 0 Å². The molecule has 0 aliphatic heterocycles. The van der Waals surface area contributed by atoms with Crippen molar-refractivity contribution >= 4 is 18.0 Å². The third kappa shape index (κ3) is 5.43. The number of hydrogen-bond donors (Lipinski definition) is 2. The molecule has 18 heavy (non-hydrogen) atoms. The third-order valence-electron chi connectivity index (χ3n) is 2.01. The first-order valence-electron chi connectivity index (χ1n) is 5.76. The number of amides is 2. The van der Waals surface area contributed by atoms with Crippen molar-refractivity contribution in [1.82, 2.24) is 10.6 Å². The summed E-state index contributed by atoms with van der Waals surface area (Å²) in [5.74, 6) is -0.598. The fourth-order valence-electron chi connectivity index (χ4n) is 1.06. The van der Waals surface area contributed by atoms with E-state index >= 15 is 0 Å². The van der Waals surface area contributed by atoms with Gasteiger partial charge in [-0.1, -0.05) is 20.4 Å². The third-order valence-corrected chi connectivity index (χ3v) is 2.01. The van der Waals surface area contributed by atoms with Crippen molar-refractivity contribution in [3.63, 3.8) is 0 Å². The van der Waals surface area contributed by atoms with E-state index in [1.807, 2.05) is 0 Å². The zero-order valence-electron chi connectivity index (χ0n) is 11.6. The van der Waals surface area contributed by atoms with E-state index in [0.29, 0.717) is 5.70 Å². The molecule has 5 heteroatoms. The smallest absolute Gasteiger partial charge is 0.275 e. The molecule has 0 fully saturated rings. The predicted molar refractivity (Wildman–Crippen MR) is 72.8 cm³/mol. The Morgan fingerprint density at radius 2 is 1.78 bits per heavy atom. The number of hydrogen-bond acceptors (Lipinski definition) is 3. The van der Waals surface area contributed by atoms with Crippen LogP contribution in [0.1, 0.15) is 34.6 Å². The second-order valence-corrected chi connectivity index (χ2v) is 4.31. The molecule has 0 bridgehead atoms. The highest BCUT2D eigenvalue weighted by Gasteiger charge is 2.13. The summed E-state index contributed by atoms with van der Waals surface area (Å²) in [6, 6.07) is 0. The number of allylic oxidation sites excluding steroid dienone is 1. The number of carbonyl (C=O) groups is 2. The van der Waals surface area contributed by atoms with Crippen LogP contribution in [-0.4, -0.2) is 18.0 Å². The zero-order valence-corrected chi connectivity index (χ0v) is 11.6. The second-order valence-electron chi connectivity index (χ2n) is 4.31. The van der Waals surface area contributed by atoms with Crippen LogP contribution in [0.3, 0.4) is 0 Å². The largest absolute Gasteiger partial charge is 0.312 e. The van der Waals surface area contributed by atoms with Crippen LogP contribution in [0.15, 0.2) is 28.7 Å². The molecule has 5 nitrogen and oxygen atoms in total. The summed E-state index contributed by atoms with van der Waals surface area (Å²) in [5.41, 5.74) is 1.10. The highest BCUT2D eigenvalue weighted by molar-refractivity contribution is 5.96. The molecule has 0 unspecified atom stereocenters. The van der Waals surface area contributed by atoms with Gasteiger partial charge < -0.3 is 10.6 Å². The molecule has 0 aromatic carbocycles. The van der Waals surface area contributed by atoms with Gasteiger partial charge in [0.25, 0.3) is 5.91 Å². The molecular formula is C13H21N3O2. The van der Waals surface area contributed by atoms with Crippen molar-refractivity contribution < 1.29 is 9.59 Å². The van der Waals surface area contributed by atoms with Gasteiger partial charge in [0.05, 0.1) is 0 Å². The Kier molecular flexibility index (Phi) is 6.63. The average molecular weight is 251 g/mol. The number of rotatable bonds is 5. The Morgan fingerprint density at radius 3 is 2.17 bits per heavy atom. The van der Waals surface area contributed by atoms with Gasteiger partial charge in [0.15, 0.2) is 0 Å². The van der Waals surface area contributed by atoms with Crippen molar-refractivity contribution in [2.75, 3.05) is 0 Å². The Balaban J connectivity index is 4.62. The lowest BCUT2D eigenvalue weighted by Crippen LogP contribution is -2.36. The Morgan fingerprint density at radius 1 is 1.22 bits per heavy atom. The first kappa shape index (κ1) is 16.1. The van der Waals surface area contributed by atoms with Crippen molar-refractivity contribution in [2.24, 2.45) is 10.9 Å². The molecule has 0 saturated carbocycles. The number of carbonyl (C=O) groups excluding carboxylic acids is 2. The summed E-state index contributed by atoms with van der Waals surface area (Å²) >= 11 is 0. The summed E-state index contributed by atoms with van der Waals surface area (Å²) in [4.78, 5) is 27.2. The highest BCUT2D eigenvalue weighted by Crippen LogP contribution is 2.05. The summed E-state index contributed by atoms with van der Waals surface area (Å²) < 4.78 is 0. The normalized spacial score (nSPS) is 10.3. The topological polar surface area (TPSA) is 70.6 Å².